The Balaban J connectivity index is 1.73. The predicted molar refractivity (Wildman–Crippen MR) is 104 cm³/mol. The lowest BCUT2D eigenvalue weighted by atomic mass is 10.1. The molecule has 1 N–H and O–H groups in total. The topological polar surface area (TPSA) is 101 Å². The minimum atomic E-state index is -0.525. The molecule has 0 spiro atoms. The van der Waals surface area contributed by atoms with E-state index in [1.807, 2.05) is 30.3 Å². The second-order valence-corrected chi connectivity index (χ2v) is 6.16. The number of ketones is 1. The third-order valence-corrected chi connectivity index (χ3v) is 4.17. The molecule has 0 fully saturated rings. The first-order chi connectivity index (χ1) is 13.5. The van der Waals surface area contributed by atoms with Crippen LogP contribution in [0.5, 0.6) is 0 Å². The summed E-state index contributed by atoms with van der Waals surface area (Å²) in [4.78, 5) is 40.2. The Morgan fingerprint density at radius 1 is 1.18 bits per heavy atom. The number of Topliss-reactive ketones (excluding diaryl/α,β-unsaturated/α-hetero) is 1. The fraction of sp³-hybridized carbons (Fsp3) is 0.250. The zero-order valence-corrected chi connectivity index (χ0v) is 15.6. The van der Waals surface area contributed by atoms with Crippen LogP contribution in [-0.4, -0.2) is 41.0 Å². The van der Waals surface area contributed by atoms with Crippen molar-refractivity contribution in [3.63, 3.8) is 0 Å². The van der Waals surface area contributed by atoms with Crippen molar-refractivity contribution in [2.45, 2.75) is 26.3 Å². The molecule has 0 saturated carbocycles. The number of carbonyl (C=O) groups is 3. The highest BCUT2D eigenvalue weighted by Gasteiger charge is 2.34. The highest BCUT2D eigenvalue weighted by Crippen LogP contribution is 2.25. The lowest BCUT2D eigenvalue weighted by molar-refractivity contribution is -0.118. The number of amides is 1. The van der Waals surface area contributed by atoms with Crippen molar-refractivity contribution < 1.29 is 19.1 Å². The van der Waals surface area contributed by atoms with Crippen LogP contribution < -0.4 is 10.3 Å². The third kappa shape index (κ3) is 4.22. The zero-order valence-electron chi connectivity index (χ0n) is 15.6. The molecule has 144 valence electrons. The number of aromatic nitrogens is 1. The maximum Gasteiger partial charge on any atom is 0.356 e. The molecular formula is C20H20N4O4. The fourth-order valence-electron chi connectivity index (χ4n) is 2.78. The van der Waals surface area contributed by atoms with Crippen molar-refractivity contribution in [2.24, 2.45) is 5.10 Å². The van der Waals surface area contributed by atoms with Crippen LogP contribution in [0.15, 0.2) is 53.8 Å². The molecule has 3 rings (SSSR count). The van der Waals surface area contributed by atoms with Gasteiger partial charge in [0.1, 0.15) is 17.4 Å². The molecule has 0 radical (unpaired) electrons. The van der Waals surface area contributed by atoms with Crippen LogP contribution in [0.25, 0.3) is 0 Å². The number of ether oxygens (including phenoxy) is 1. The number of hydrogen-bond acceptors (Lipinski definition) is 7. The number of carbonyl (C=O) groups excluding carboxylic acids is 3. The van der Waals surface area contributed by atoms with Crippen LogP contribution in [0.1, 0.15) is 30.8 Å². The van der Waals surface area contributed by atoms with E-state index >= 15 is 0 Å². The molecule has 1 aromatic heterocycles. The third-order valence-electron chi connectivity index (χ3n) is 4.17. The molecule has 8 heteroatoms. The normalized spacial score (nSPS) is 15.7. The number of pyridine rings is 1. The number of rotatable bonds is 6. The minimum absolute atomic E-state index is 0.0733. The Bertz CT molecular complexity index is 910. The summed E-state index contributed by atoms with van der Waals surface area (Å²) in [5.41, 5.74) is 1.56. The van der Waals surface area contributed by atoms with E-state index in [1.165, 1.54) is 19.2 Å². The average Bonchev–Trinajstić information content (AvgIpc) is 3.15. The summed E-state index contributed by atoms with van der Waals surface area (Å²) in [6, 6.07) is 11.7. The summed E-state index contributed by atoms with van der Waals surface area (Å²) in [7, 11) is 0. The Morgan fingerprint density at radius 3 is 2.54 bits per heavy atom. The van der Waals surface area contributed by atoms with Crippen LogP contribution in [0.3, 0.4) is 0 Å². The smallest absolute Gasteiger partial charge is 0.356 e. The summed E-state index contributed by atoms with van der Waals surface area (Å²) in [6.45, 7) is 3.45. The fourth-order valence-corrected chi connectivity index (χ4v) is 2.78. The number of para-hydroxylation sites is 1. The van der Waals surface area contributed by atoms with E-state index in [2.05, 4.69) is 15.4 Å². The molecule has 0 bridgehead atoms. The zero-order chi connectivity index (χ0) is 20.1. The van der Waals surface area contributed by atoms with Crippen LogP contribution in [-0.2, 0) is 14.3 Å². The maximum absolute atomic E-state index is 12.6. The SMILES string of the molecule is CCOC(=O)c1ccc(NC(=O)C2=NN(c3ccccc3)[C@@H](C(C)=O)C2)cn1. The molecule has 1 aromatic carbocycles. The van der Waals surface area contributed by atoms with E-state index in [0.29, 0.717) is 5.69 Å². The number of nitrogens with zero attached hydrogens (tertiary/aromatic N) is 3. The number of hydrazone groups is 1. The van der Waals surface area contributed by atoms with E-state index < -0.39 is 17.9 Å². The van der Waals surface area contributed by atoms with Crippen LogP contribution in [0.2, 0.25) is 0 Å². The van der Waals surface area contributed by atoms with E-state index in [0.717, 1.165) is 5.69 Å². The van der Waals surface area contributed by atoms with Gasteiger partial charge in [-0.25, -0.2) is 9.78 Å². The summed E-state index contributed by atoms with van der Waals surface area (Å²) < 4.78 is 4.87. The first-order valence-corrected chi connectivity index (χ1v) is 8.86. The minimum Gasteiger partial charge on any atom is -0.461 e. The van der Waals surface area contributed by atoms with Gasteiger partial charge in [-0.2, -0.15) is 5.10 Å². The summed E-state index contributed by atoms with van der Waals surface area (Å²) in [6.07, 6.45) is 1.58. The number of esters is 1. The quantitative estimate of drug-likeness (QED) is 0.773. The molecule has 2 heterocycles. The molecule has 0 saturated heterocycles. The van der Waals surface area contributed by atoms with Crippen molar-refractivity contribution >= 4 is 34.7 Å². The average molecular weight is 380 g/mol. The van der Waals surface area contributed by atoms with Gasteiger partial charge in [-0.1, -0.05) is 18.2 Å². The van der Waals surface area contributed by atoms with Crippen molar-refractivity contribution in [2.75, 3.05) is 16.9 Å². The Kier molecular flexibility index (Phi) is 5.78. The Morgan fingerprint density at radius 2 is 1.93 bits per heavy atom. The van der Waals surface area contributed by atoms with Crippen LogP contribution >= 0.6 is 0 Å². The van der Waals surface area contributed by atoms with E-state index in [-0.39, 0.29) is 30.2 Å². The van der Waals surface area contributed by atoms with Gasteiger partial charge < -0.3 is 10.1 Å². The molecule has 0 aliphatic carbocycles. The van der Waals surface area contributed by atoms with Crippen LogP contribution in [0.4, 0.5) is 11.4 Å². The highest BCUT2D eigenvalue weighted by atomic mass is 16.5. The number of nitrogens with one attached hydrogen (secondary N) is 1. The standard InChI is InChI=1S/C20H20N4O4/c1-3-28-20(27)16-10-9-14(12-21-16)22-19(26)17-11-18(13(2)25)24(23-17)15-7-5-4-6-8-15/h4-10,12,18H,3,11H2,1-2H3,(H,22,26)/t18-/m1/s1. The van der Waals surface area contributed by atoms with Gasteiger partial charge in [-0.05, 0) is 38.1 Å². The lowest BCUT2D eigenvalue weighted by Gasteiger charge is -2.20. The molecule has 1 aliphatic rings. The second-order valence-electron chi connectivity index (χ2n) is 6.16. The van der Waals surface area contributed by atoms with Crippen molar-refractivity contribution in [1.82, 2.24) is 4.98 Å². The first-order valence-electron chi connectivity index (χ1n) is 8.86. The number of benzene rings is 1. The van der Waals surface area contributed by atoms with E-state index in [4.69, 9.17) is 4.74 Å². The van der Waals surface area contributed by atoms with Gasteiger partial charge in [0.2, 0.25) is 0 Å². The Labute approximate surface area is 162 Å². The van der Waals surface area contributed by atoms with Gasteiger partial charge in [-0.15, -0.1) is 0 Å². The van der Waals surface area contributed by atoms with Crippen molar-refractivity contribution in [3.05, 3.63) is 54.4 Å². The summed E-state index contributed by atoms with van der Waals surface area (Å²) in [5.74, 6) is -1.02. The van der Waals surface area contributed by atoms with Gasteiger partial charge in [0.15, 0.2) is 5.78 Å². The highest BCUT2D eigenvalue weighted by molar-refractivity contribution is 6.44. The van der Waals surface area contributed by atoms with Gasteiger partial charge in [0.05, 0.1) is 24.2 Å². The lowest BCUT2D eigenvalue weighted by Crippen LogP contribution is -2.33. The first kappa shape index (κ1) is 19.2. The molecule has 28 heavy (non-hydrogen) atoms. The summed E-state index contributed by atoms with van der Waals surface area (Å²) in [5, 5.41) is 8.61. The van der Waals surface area contributed by atoms with Gasteiger partial charge in [0, 0.05) is 6.42 Å². The molecule has 1 amide bonds. The van der Waals surface area contributed by atoms with Gasteiger partial charge in [-0.3, -0.25) is 14.6 Å². The Hall–Kier alpha value is -3.55. The van der Waals surface area contributed by atoms with Crippen molar-refractivity contribution in [3.8, 4) is 0 Å². The molecular weight excluding hydrogens is 360 g/mol. The predicted octanol–water partition coefficient (Wildman–Crippen LogP) is 2.42. The number of hydrogen-bond donors (Lipinski definition) is 1. The summed E-state index contributed by atoms with van der Waals surface area (Å²) >= 11 is 0. The largest absolute Gasteiger partial charge is 0.461 e. The second kappa shape index (κ2) is 8.43. The maximum atomic E-state index is 12.6. The van der Waals surface area contributed by atoms with Gasteiger partial charge >= 0.3 is 5.97 Å². The monoisotopic (exact) mass is 380 g/mol. The van der Waals surface area contributed by atoms with E-state index in [1.54, 1.807) is 18.0 Å². The molecule has 1 aliphatic heterocycles. The van der Waals surface area contributed by atoms with Crippen molar-refractivity contribution in [1.29, 1.82) is 0 Å². The van der Waals surface area contributed by atoms with Gasteiger partial charge in [0.25, 0.3) is 5.91 Å². The van der Waals surface area contributed by atoms with Crippen LogP contribution in [0, 0.1) is 0 Å². The number of anilines is 2. The molecule has 0 unspecified atom stereocenters. The molecule has 8 nitrogen and oxygen atoms in total. The molecule has 1 atom stereocenters. The van der Waals surface area contributed by atoms with E-state index in [9.17, 15) is 14.4 Å². The molecule has 2 aromatic rings.